The molecule has 11 heavy (non-hydrogen) atoms. The van der Waals surface area contributed by atoms with Crippen LogP contribution in [0, 0.1) is 0 Å². The van der Waals surface area contributed by atoms with Crippen LogP contribution in [0.1, 0.15) is 19.8 Å². The molecule has 0 bridgehead atoms. The number of aliphatic hydroxyl groups excluding tert-OH is 1. The molecule has 0 saturated heterocycles. The Kier molecular flexibility index (Phi) is 8.57. The Balaban J connectivity index is 2.97. The fourth-order valence-corrected chi connectivity index (χ4v) is 1.71. The van der Waals surface area contributed by atoms with Crippen molar-refractivity contribution in [1.29, 1.82) is 0 Å². The summed E-state index contributed by atoms with van der Waals surface area (Å²) in [5.74, 6) is 1.13. The second-order valence-electron chi connectivity index (χ2n) is 2.54. The van der Waals surface area contributed by atoms with Gasteiger partial charge in [0.2, 0.25) is 0 Å². The highest BCUT2D eigenvalue weighted by molar-refractivity contribution is 7.99. The van der Waals surface area contributed by atoms with E-state index in [4.69, 9.17) is 9.84 Å². The second kappa shape index (κ2) is 8.37. The minimum absolute atomic E-state index is 0.304. The molecule has 0 saturated carbocycles. The van der Waals surface area contributed by atoms with Gasteiger partial charge in [0, 0.05) is 25.6 Å². The Bertz CT molecular complexity index is 78.5. The van der Waals surface area contributed by atoms with Crippen molar-refractivity contribution in [2.24, 2.45) is 0 Å². The Morgan fingerprint density at radius 2 is 2.27 bits per heavy atom. The van der Waals surface area contributed by atoms with Crippen LogP contribution in [0.25, 0.3) is 0 Å². The number of thioether (sulfide) groups is 1. The molecule has 2 nitrogen and oxygen atoms in total. The first-order chi connectivity index (χ1) is 5.31. The van der Waals surface area contributed by atoms with Gasteiger partial charge in [-0.1, -0.05) is 6.92 Å². The van der Waals surface area contributed by atoms with Gasteiger partial charge in [-0.3, -0.25) is 0 Å². The molecule has 0 amide bonds. The van der Waals surface area contributed by atoms with Crippen LogP contribution in [-0.4, -0.2) is 36.4 Å². The molecule has 1 atom stereocenters. The molecule has 0 aromatic carbocycles. The van der Waals surface area contributed by atoms with E-state index in [-0.39, 0.29) is 0 Å². The van der Waals surface area contributed by atoms with Gasteiger partial charge in [0.1, 0.15) is 0 Å². The van der Waals surface area contributed by atoms with Crippen molar-refractivity contribution < 1.29 is 9.84 Å². The maximum atomic E-state index is 8.60. The zero-order valence-electron chi connectivity index (χ0n) is 7.38. The monoisotopic (exact) mass is 178 g/mol. The highest BCUT2D eigenvalue weighted by atomic mass is 32.2. The predicted octanol–water partition coefficient (Wildman–Crippen LogP) is 1.53. The Hall–Kier alpha value is 0.270. The highest BCUT2D eigenvalue weighted by Crippen LogP contribution is 2.14. The van der Waals surface area contributed by atoms with E-state index in [0.29, 0.717) is 11.9 Å². The average molecular weight is 178 g/mol. The van der Waals surface area contributed by atoms with Crippen LogP contribution in [0.2, 0.25) is 0 Å². The highest BCUT2D eigenvalue weighted by Gasteiger charge is 1.99. The molecule has 0 aliphatic heterocycles. The van der Waals surface area contributed by atoms with Gasteiger partial charge in [-0.05, 0) is 18.6 Å². The molecule has 0 radical (unpaired) electrons. The summed E-state index contributed by atoms with van der Waals surface area (Å²) >= 11 is 1.90. The molecule has 1 unspecified atom stereocenters. The van der Waals surface area contributed by atoms with Crippen LogP contribution in [0.15, 0.2) is 0 Å². The molecule has 0 fully saturated rings. The van der Waals surface area contributed by atoms with E-state index in [2.05, 4.69) is 6.92 Å². The standard InChI is InChI=1S/C8H18O2S/c1-8(4-5-9)11-7-3-6-10-2/h8-9H,3-7H2,1-2H3. The first kappa shape index (κ1) is 11.3. The van der Waals surface area contributed by atoms with Gasteiger partial charge in [0.25, 0.3) is 0 Å². The van der Waals surface area contributed by atoms with Crippen LogP contribution in [-0.2, 0) is 4.74 Å². The molecule has 0 rings (SSSR count). The summed E-state index contributed by atoms with van der Waals surface area (Å²) in [5, 5.41) is 9.18. The number of hydrogen-bond donors (Lipinski definition) is 1. The summed E-state index contributed by atoms with van der Waals surface area (Å²) in [6.45, 7) is 3.30. The van der Waals surface area contributed by atoms with Crippen molar-refractivity contribution in [3.05, 3.63) is 0 Å². The van der Waals surface area contributed by atoms with E-state index in [1.54, 1.807) is 7.11 Å². The van der Waals surface area contributed by atoms with Gasteiger partial charge in [0.05, 0.1) is 0 Å². The number of rotatable bonds is 7. The molecule has 0 aliphatic rings. The average Bonchev–Trinajstić information content (AvgIpc) is 1.99. The van der Waals surface area contributed by atoms with Gasteiger partial charge in [0.15, 0.2) is 0 Å². The number of ether oxygens (including phenoxy) is 1. The molecular weight excluding hydrogens is 160 g/mol. The third-order valence-electron chi connectivity index (χ3n) is 1.43. The molecule has 3 heteroatoms. The molecule has 0 aromatic rings. The Morgan fingerprint density at radius 3 is 2.82 bits per heavy atom. The van der Waals surface area contributed by atoms with Crippen LogP contribution in [0.4, 0.5) is 0 Å². The minimum atomic E-state index is 0.304. The first-order valence-corrected chi connectivity index (χ1v) is 5.07. The summed E-state index contributed by atoms with van der Waals surface area (Å²) in [4.78, 5) is 0. The molecule has 1 N–H and O–H groups in total. The second-order valence-corrected chi connectivity index (χ2v) is 4.09. The SMILES string of the molecule is COCCCSC(C)CCO. The number of methoxy groups -OCH3 is 1. The molecule has 0 aromatic heterocycles. The molecule has 0 aliphatic carbocycles. The largest absolute Gasteiger partial charge is 0.396 e. The summed E-state index contributed by atoms with van der Waals surface area (Å²) in [5.41, 5.74) is 0. The minimum Gasteiger partial charge on any atom is -0.396 e. The van der Waals surface area contributed by atoms with E-state index in [9.17, 15) is 0 Å². The molecule has 68 valence electrons. The van der Waals surface area contributed by atoms with Gasteiger partial charge < -0.3 is 9.84 Å². The van der Waals surface area contributed by atoms with Crippen molar-refractivity contribution in [2.75, 3.05) is 26.1 Å². The van der Waals surface area contributed by atoms with Crippen molar-refractivity contribution in [3.8, 4) is 0 Å². The van der Waals surface area contributed by atoms with E-state index < -0.39 is 0 Å². The topological polar surface area (TPSA) is 29.5 Å². The zero-order valence-corrected chi connectivity index (χ0v) is 8.19. The predicted molar refractivity (Wildman–Crippen MR) is 50.1 cm³/mol. The lowest BCUT2D eigenvalue weighted by atomic mass is 10.3. The van der Waals surface area contributed by atoms with E-state index in [1.807, 2.05) is 11.8 Å². The van der Waals surface area contributed by atoms with Crippen molar-refractivity contribution in [3.63, 3.8) is 0 Å². The first-order valence-electron chi connectivity index (χ1n) is 4.02. The van der Waals surface area contributed by atoms with Crippen LogP contribution in [0.5, 0.6) is 0 Å². The Labute approximate surface area is 73.3 Å². The summed E-state index contributed by atoms with van der Waals surface area (Å²) in [7, 11) is 1.72. The third kappa shape index (κ3) is 8.17. The molecular formula is C8H18O2S. The van der Waals surface area contributed by atoms with Gasteiger partial charge in [-0.2, -0.15) is 11.8 Å². The van der Waals surface area contributed by atoms with Crippen LogP contribution in [0.3, 0.4) is 0 Å². The maximum Gasteiger partial charge on any atom is 0.0470 e. The number of hydrogen-bond acceptors (Lipinski definition) is 3. The van der Waals surface area contributed by atoms with Crippen LogP contribution >= 0.6 is 11.8 Å². The fraction of sp³-hybridized carbons (Fsp3) is 1.00. The van der Waals surface area contributed by atoms with Gasteiger partial charge in [-0.15, -0.1) is 0 Å². The summed E-state index contributed by atoms with van der Waals surface area (Å²) in [6, 6.07) is 0. The normalized spacial score (nSPS) is 13.4. The van der Waals surface area contributed by atoms with Gasteiger partial charge in [-0.25, -0.2) is 0 Å². The van der Waals surface area contributed by atoms with E-state index >= 15 is 0 Å². The van der Waals surface area contributed by atoms with E-state index in [0.717, 1.165) is 25.2 Å². The maximum absolute atomic E-state index is 8.60. The zero-order chi connectivity index (χ0) is 8.53. The summed E-state index contributed by atoms with van der Waals surface area (Å²) < 4.78 is 4.92. The molecule has 0 spiro atoms. The lowest BCUT2D eigenvalue weighted by Crippen LogP contribution is -2.01. The molecule has 0 heterocycles. The Morgan fingerprint density at radius 1 is 1.55 bits per heavy atom. The van der Waals surface area contributed by atoms with Gasteiger partial charge >= 0.3 is 0 Å². The summed E-state index contributed by atoms with van der Waals surface area (Å²) in [6.07, 6.45) is 2.01. The quantitative estimate of drug-likeness (QED) is 0.599. The van der Waals surface area contributed by atoms with Crippen LogP contribution < -0.4 is 0 Å². The fourth-order valence-electron chi connectivity index (χ4n) is 0.753. The van der Waals surface area contributed by atoms with Crippen molar-refractivity contribution in [1.82, 2.24) is 0 Å². The van der Waals surface area contributed by atoms with E-state index in [1.165, 1.54) is 0 Å². The number of aliphatic hydroxyl groups is 1. The lowest BCUT2D eigenvalue weighted by molar-refractivity contribution is 0.200. The van der Waals surface area contributed by atoms with Crippen molar-refractivity contribution >= 4 is 11.8 Å². The van der Waals surface area contributed by atoms with Crippen molar-refractivity contribution in [2.45, 2.75) is 25.0 Å². The third-order valence-corrected chi connectivity index (χ3v) is 2.76. The lowest BCUT2D eigenvalue weighted by Gasteiger charge is -2.08. The smallest absolute Gasteiger partial charge is 0.0470 e.